The van der Waals surface area contributed by atoms with Gasteiger partial charge in [0.1, 0.15) is 5.69 Å². The molecule has 0 atom stereocenters. The predicted octanol–water partition coefficient (Wildman–Crippen LogP) is 1.06. The van der Waals surface area contributed by atoms with E-state index in [-0.39, 0.29) is 18.0 Å². The summed E-state index contributed by atoms with van der Waals surface area (Å²) in [4.78, 5) is 3.15. The number of pyridine rings is 1. The standard InChI is InChI=1S/C9H12F3N3O2S/c1-13-4-5-18(16,17)15-7-2-3-8(14-6-7)9(10,11)12/h2-3,6,13,15H,4-5H2,1H3. The van der Waals surface area contributed by atoms with Crippen LogP contribution in [0, 0.1) is 0 Å². The van der Waals surface area contributed by atoms with Crippen LogP contribution in [0.5, 0.6) is 0 Å². The molecule has 0 saturated heterocycles. The molecule has 2 N–H and O–H groups in total. The zero-order valence-electron chi connectivity index (χ0n) is 9.45. The molecule has 0 aromatic carbocycles. The molecule has 9 heteroatoms. The molecule has 0 bridgehead atoms. The zero-order valence-corrected chi connectivity index (χ0v) is 10.3. The van der Waals surface area contributed by atoms with Gasteiger partial charge < -0.3 is 5.32 Å². The fraction of sp³-hybridized carbons (Fsp3) is 0.444. The number of halogens is 3. The Labute approximate surface area is 102 Å². The number of hydrogen-bond acceptors (Lipinski definition) is 4. The number of aromatic nitrogens is 1. The molecule has 102 valence electrons. The quantitative estimate of drug-likeness (QED) is 0.847. The third kappa shape index (κ3) is 4.49. The van der Waals surface area contributed by atoms with Crippen LogP contribution in [-0.2, 0) is 16.2 Å². The molecule has 0 aliphatic carbocycles. The Morgan fingerprint density at radius 3 is 2.44 bits per heavy atom. The second kappa shape index (κ2) is 5.53. The third-order valence-electron chi connectivity index (χ3n) is 1.95. The minimum Gasteiger partial charge on any atom is -0.319 e. The fourth-order valence-electron chi connectivity index (χ4n) is 1.09. The molecule has 0 radical (unpaired) electrons. The minimum atomic E-state index is -4.54. The van der Waals surface area contributed by atoms with Gasteiger partial charge in [-0.05, 0) is 19.2 Å². The largest absolute Gasteiger partial charge is 0.433 e. The highest BCUT2D eigenvalue weighted by atomic mass is 32.2. The van der Waals surface area contributed by atoms with Gasteiger partial charge in [0.2, 0.25) is 10.0 Å². The molecule has 0 saturated carbocycles. The Kier molecular flexibility index (Phi) is 4.52. The van der Waals surface area contributed by atoms with Crippen LogP contribution in [0.2, 0.25) is 0 Å². The van der Waals surface area contributed by atoms with Crippen molar-refractivity contribution in [3.05, 3.63) is 24.0 Å². The SMILES string of the molecule is CNCCS(=O)(=O)Nc1ccc(C(F)(F)F)nc1. The number of sulfonamides is 1. The smallest absolute Gasteiger partial charge is 0.319 e. The van der Waals surface area contributed by atoms with E-state index in [1.54, 1.807) is 7.05 Å². The summed E-state index contributed by atoms with van der Waals surface area (Å²) in [6.45, 7) is 0.239. The van der Waals surface area contributed by atoms with Crippen LogP contribution in [0.3, 0.4) is 0 Å². The van der Waals surface area contributed by atoms with Crippen molar-refractivity contribution in [1.29, 1.82) is 0 Å². The lowest BCUT2D eigenvalue weighted by Gasteiger charge is -2.09. The average molecular weight is 283 g/mol. The number of hydrogen-bond donors (Lipinski definition) is 2. The first-order valence-electron chi connectivity index (χ1n) is 4.93. The van der Waals surface area contributed by atoms with E-state index in [4.69, 9.17) is 0 Å². The third-order valence-corrected chi connectivity index (χ3v) is 3.24. The van der Waals surface area contributed by atoms with E-state index >= 15 is 0 Å². The van der Waals surface area contributed by atoms with Gasteiger partial charge in [-0.25, -0.2) is 13.4 Å². The van der Waals surface area contributed by atoms with Gasteiger partial charge in [0.05, 0.1) is 17.6 Å². The monoisotopic (exact) mass is 283 g/mol. The van der Waals surface area contributed by atoms with Crippen LogP contribution in [0.25, 0.3) is 0 Å². The highest BCUT2D eigenvalue weighted by Crippen LogP contribution is 2.27. The molecule has 0 spiro atoms. The van der Waals surface area contributed by atoms with Crippen LogP contribution in [0.1, 0.15) is 5.69 Å². The molecular formula is C9H12F3N3O2S. The van der Waals surface area contributed by atoms with E-state index in [0.29, 0.717) is 0 Å². The van der Waals surface area contributed by atoms with E-state index in [2.05, 4.69) is 15.0 Å². The number of anilines is 1. The first-order chi connectivity index (χ1) is 8.24. The molecule has 18 heavy (non-hydrogen) atoms. The van der Waals surface area contributed by atoms with E-state index in [1.807, 2.05) is 0 Å². The van der Waals surface area contributed by atoms with E-state index in [1.165, 1.54) is 0 Å². The van der Waals surface area contributed by atoms with Crippen molar-refractivity contribution in [2.75, 3.05) is 24.1 Å². The Morgan fingerprint density at radius 2 is 2.00 bits per heavy atom. The molecule has 0 aliphatic rings. The van der Waals surface area contributed by atoms with Gasteiger partial charge in [0.25, 0.3) is 0 Å². The molecule has 1 aromatic heterocycles. The first kappa shape index (κ1) is 14.7. The summed E-state index contributed by atoms with van der Waals surface area (Å²) >= 11 is 0. The molecule has 1 rings (SSSR count). The first-order valence-corrected chi connectivity index (χ1v) is 6.58. The molecule has 0 fully saturated rings. The Bertz CT molecular complexity index is 485. The summed E-state index contributed by atoms with van der Waals surface area (Å²) in [6.07, 6.45) is -3.71. The van der Waals surface area contributed by atoms with Crippen molar-refractivity contribution in [1.82, 2.24) is 10.3 Å². The Morgan fingerprint density at radius 1 is 1.33 bits per heavy atom. The Hall–Kier alpha value is -1.35. The van der Waals surface area contributed by atoms with Crippen molar-refractivity contribution in [2.24, 2.45) is 0 Å². The number of nitrogens with zero attached hydrogens (tertiary/aromatic N) is 1. The van der Waals surface area contributed by atoms with Crippen LogP contribution >= 0.6 is 0 Å². The van der Waals surface area contributed by atoms with Gasteiger partial charge in [-0.1, -0.05) is 0 Å². The number of rotatable bonds is 5. The van der Waals surface area contributed by atoms with Gasteiger partial charge in [-0.15, -0.1) is 0 Å². The highest BCUT2D eigenvalue weighted by Gasteiger charge is 2.32. The summed E-state index contributed by atoms with van der Waals surface area (Å²) in [7, 11) is -1.99. The average Bonchev–Trinajstić information content (AvgIpc) is 2.25. The van der Waals surface area contributed by atoms with Crippen molar-refractivity contribution in [3.8, 4) is 0 Å². The lowest BCUT2D eigenvalue weighted by atomic mass is 10.3. The minimum absolute atomic E-state index is 0.000830. The molecule has 5 nitrogen and oxygen atoms in total. The van der Waals surface area contributed by atoms with Gasteiger partial charge in [-0.2, -0.15) is 13.2 Å². The topological polar surface area (TPSA) is 71.1 Å². The maximum Gasteiger partial charge on any atom is 0.433 e. The van der Waals surface area contributed by atoms with E-state index in [9.17, 15) is 21.6 Å². The van der Waals surface area contributed by atoms with E-state index < -0.39 is 21.9 Å². The lowest BCUT2D eigenvalue weighted by Crippen LogP contribution is -2.24. The van der Waals surface area contributed by atoms with Gasteiger partial charge >= 0.3 is 6.18 Å². The maximum atomic E-state index is 12.2. The normalized spacial score (nSPS) is 12.4. The van der Waals surface area contributed by atoms with Crippen LogP contribution in [-0.4, -0.2) is 32.7 Å². The zero-order chi connectivity index (χ0) is 13.8. The summed E-state index contributed by atoms with van der Waals surface area (Å²) in [5, 5.41) is 2.66. The van der Waals surface area contributed by atoms with Gasteiger partial charge in [-0.3, -0.25) is 4.72 Å². The van der Waals surface area contributed by atoms with Crippen molar-refractivity contribution >= 4 is 15.7 Å². The second-order valence-corrected chi connectivity index (χ2v) is 5.30. The van der Waals surface area contributed by atoms with E-state index in [0.717, 1.165) is 18.3 Å². The molecule has 0 aliphatic heterocycles. The molecule has 0 unspecified atom stereocenters. The van der Waals surface area contributed by atoms with Gasteiger partial charge in [0.15, 0.2) is 0 Å². The molecule has 1 heterocycles. The lowest BCUT2D eigenvalue weighted by molar-refractivity contribution is -0.141. The molecular weight excluding hydrogens is 271 g/mol. The summed E-state index contributed by atoms with van der Waals surface area (Å²) in [6, 6.07) is 1.74. The maximum absolute atomic E-state index is 12.2. The van der Waals surface area contributed by atoms with Gasteiger partial charge in [0, 0.05) is 6.54 Å². The fourth-order valence-corrected chi connectivity index (χ4v) is 2.14. The van der Waals surface area contributed by atoms with Crippen LogP contribution < -0.4 is 10.0 Å². The second-order valence-electron chi connectivity index (χ2n) is 3.45. The predicted molar refractivity (Wildman–Crippen MR) is 60.6 cm³/mol. The summed E-state index contributed by atoms with van der Waals surface area (Å²) in [5.41, 5.74) is -1.07. The van der Waals surface area contributed by atoms with Crippen molar-refractivity contribution < 1.29 is 21.6 Å². The van der Waals surface area contributed by atoms with Crippen molar-refractivity contribution in [2.45, 2.75) is 6.18 Å². The number of alkyl halides is 3. The number of nitrogens with one attached hydrogen (secondary N) is 2. The highest BCUT2D eigenvalue weighted by molar-refractivity contribution is 7.92. The summed E-state index contributed by atoms with van der Waals surface area (Å²) < 4.78 is 61.7. The molecule has 1 aromatic rings. The van der Waals surface area contributed by atoms with Crippen molar-refractivity contribution in [3.63, 3.8) is 0 Å². The summed E-state index contributed by atoms with van der Waals surface area (Å²) in [5.74, 6) is -0.176. The Balaban J connectivity index is 2.75. The molecule has 0 amide bonds. The van der Waals surface area contributed by atoms with Crippen LogP contribution in [0.4, 0.5) is 18.9 Å². The van der Waals surface area contributed by atoms with Crippen LogP contribution in [0.15, 0.2) is 18.3 Å².